The number of hydrogen-bond donors (Lipinski definition) is 0. The molecule has 6 nitrogen and oxygen atoms in total. The zero-order valence-electron chi connectivity index (χ0n) is 114. The number of fused-ring (bicyclic) bond motifs is 12. The van der Waals surface area contributed by atoms with Gasteiger partial charge in [0.1, 0.15) is 0 Å². The molecule has 6 aromatic carbocycles. The zero-order valence-corrected chi connectivity index (χ0v) is 114. The van der Waals surface area contributed by atoms with Gasteiger partial charge >= 0.3 is 0 Å². The van der Waals surface area contributed by atoms with Crippen LogP contribution in [0.5, 0.6) is 0 Å². The monoisotopic (exact) mass is 2050 g/mol. The van der Waals surface area contributed by atoms with Crippen molar-refractivity contribution in [2.45, 2.75) is 550 Å². The Morgan fingerprint density at radius 3 is 0.490 bits per heavy atom. The smallest absolute Gasteiger partial charge is 0.0526 e. The minimum Gasteiger partial charge on any atom is -0.369 e. The van der Waals surface area contributed by atoms with E-state index in [9.17, 15) is 0 Å². The Labute approximate surface area is 931 Å². The average molecular weight is 2060 g/mol. The fraction of sp³-hybridized carbons (Fsp3) is 0.748. The van der Waals surface area contributed by atoms with Crippen molar-refractivity contribution >= 4 is 34.1 Å². The molecule has 16 rings (SSSR count). The molecule has 854 valence electrons. The molecular weight excluding hydrogens is 1800 g/mol. The summed E-state index contributed by atoms with van der Waals surface area (Å²) in [6, 6.07) is 54.0. The van der Waals surface area contributed by atoms with E-state index >= 15 is 0 Å². The highest BCUT2D eigenvalue weighted by Crippen LogP contribution is 2.86. The Kier molecular flexibility index (Phi) is 39.1. The van der Waals surface area contributed by atoms with E-state index in [4.69, 9.17) is 0 Å². The highest BCUT2D eigenvalue weighted by Gasteiger charge is 2.85. The lowest BCUT2D eigenvalue weighted by Gasteiger charge is -2.83. The van der Waals surface area contributed by atoms with Gasteiger partial charge in [-0.25, -0.2) is 0 Å². The maximum atomic E-state index is 2.65. The van der Waals surface area contributed by atoms with Gasteiger partial charge in [0.05, 0.1) is 11.1 Å². The van der Waals surface area contributed by atoms with Crippen LogP contribution in [0.1, 0.15) is 518 Å². The van der Waals surface area contributed by atoms with Gasteiger partial charge in [-0.2, -0.15) is 0 Å². The molecule has 149 heavy (non-hydrogen) atoms. The fourth-order valence-corrected chi connectivity index (χ4v) is 35.0. The first-order chi connectivity index (χ1) is 67.1. The molecule has 8 atom stereocenters. The molecule has 4 aliphatic carbocycles. The molecule has 6 aliphatic heterocycles. The first-order valence-electron chi connectivity index (χ1n) is 60.1. The minimum absolute atomic E-state index is 0.000370. The molecule has 0 bridgehead atoms. The largest absolute Gasteiger partial charge is 0.369 e. The Morgan fingerprint density at radius 1 is 0.128 bits per heavy atom. The highest BCUT2D eigenvalue weighted by atomic mass is 15.3. The quantitative estimate of drug-likeness (QED) is 0.150. The summed E-state index contributed by atoms with van der Waals surface area (Å²) < 4.78 is 0. The molecule has 0 amide bonds. The van der Waals surface area contributed by atoms with Gasteiger partial charge in [0.25, 0.3) is 0 Å². The second-order valence-corrected chi connectivity index (χ2v) is 58.5. The molecule has 0 N–H and O–H groups in total. The molecular formula is C143H252N6. The van der Waals surface area contributed by atoms with Crippen molar-refractivity contribution in [2.24, 2.45) is 103 Å². The molecule has 4 fully saturated rings. The number of rotatable bonds is 0. The Balaban J connectivity index is 0.000000450. The summed E-state index contributed by atoms with van der Waals surface area (Å²) in [5, 5.41) is 0. The third-order valence-corrected chi connectivity index (χ3v) is 55.4. The number of benzene rings is 6. The van der Waals surface area contributed by atoms with Crippen LogP contribution in [-0.2, 0) is 32.5 Å². The van der Waals surface area contributed by atoms with Crippen LogP contribution in [0.15, 0.2) is 146 Å². The summed E-state index contributed by atoms with van der Waals surface area (Å²) in [6.07, 6.45) is 0. The van der Waals surface area contributed by atoms with Gasteiger partial charge in [-0.05, 0) is 233 Å². The van der Waals surface area contributed by atoms with E-state index in [-0.39, 0.29) is 169 Å². The van der Waals surface area contributed by atoms with Crippen LogP contribution in [0, 0.1) is 103 Å². The normalized spacial score (nSPS) is 30.8. The van der Waals surface area contributed by atoms with Crippen LogP contribution < -0.4 is 29.4 Å². The topological polar surface area (TPSA) is 19.4 Å². The van der Waals surface area contributed by atoms with E-state index in [1.54, 1.807) is 0 Å². The maximum Gasteiger partial charge on any atom is 0.0526 e. The number of nitrogens with zero attached hydrogens (tertiary/aromatic N) is 6. The standard InChI is InChI=1S/2C26H43N.2C23H37N.C16H25N.C13H19N.8C2H6/c2*1-20(2)18-16-14-15-17-19(18)27(13)26(12)24(9,10)22(5,6)21(3,4)23(7,8)25(20,26)11;2*1-18(2)19(3,4)21(7,8)23(10)22(9,20(18,5)6)16-14-12-13-15-17(16)24(23)11;1-14(2)12-10-8-9-11-13(12)17(7)16(5,6)15(14,3)4;1-12(2)10-8-6-7-9-11(10)14(5)13(12,3)4;8*1-2/h2*14-17H,1-13H3;2*12-15H,1-11H3;8-11H,1-7H3;6-9H,1-5H3;8*1-2H3. The van der Waals surface area contributed by atoms with E-state index in [1.807, 2.05) is 111 Å². The van der Waals surface area contributed by atoms with Crippen molar-refractivity contribution in [3.8, 4) is 0 Å². The summed E-state index contributed by atoms with van der Waals surface area (Å²) in [6.45, 7) is 166. The van der Waals surface area contributed by atoms with Crippen molar-refractivity contribution in [2.75, 3.05) is 71.7 Å². The molecule has 8 unspecified atom stereocenters. The molecule has 0 saturated heterocycles. The van der Waals surface area contributed by atoms with Gasteiger partial charge < -0.3 is 29.4 Å². The Morgan fingerprint density at radius 2 is 0.275 bits per heavy atom. The fourth-order valence-electron chi connectivity index (χ4n) is 35.0. The van der Waals surface area contributed by atoms with Crippen molar-refractivity contribution in [1.29, 1.82) is 0 Å². The van der Waals surface area contributed by atoms with Crippen molar-refractivity contribution in [1.82, 2.24) is 0 Å². The van der Waals surface area contributed by atoms with Gasteiger partial charge in [-0.3, -0.25) is 0 Å². The third kappa shape index (κ3) is 16.0. The van der Waals surface area contributed by atoms with Crippen LogP contribution in [-0.4, -0.2) is 75.5 Å². The van der Waals surface area contributed by atoms with Gasteiger partial charge in [0.2, 0.25) is 0 Å². The zero-order chi connectivity index (χ0) is 119. The van der Waals surface area contributed by atoms with E-state index in [0.717, 1.165) is 0 Å². The van der Waals surface area contributed by atoms with E-state index in [0.29, 0.717) is 0 Å². The predicted molar refractivity (Wildman–Crippen MR) is 679 cm³/mol. The number of anilines is 6. The minimum atomic E-state index is 0.000370. The first kappa shape index (κ1) is 137. The number of likely N-dealkylation sites (N-methyl/N-ethyl adjacent to an activating group) is 3. The summed E-state index contributed by atoms with van der Waals surface area (Å²) in [5.41, 5.74) is 21.3. The van der Waals surface area contributed by atoms with Crippen molar-refractivity contribution in [3.05, 3.63) is 179 Å². The molecule has 0 radical (unpaired) electrons. The summed E-state index contributed by atoms with van der Waals surface area (Å²) in [7, 11) is 13.7. The predicted octanol–water partition coefficient (Wildman–Crippen LogP) is 42.8. The van der Waals surface area contributed by atoms with Gasteiger partial charge in [0, 0.05) is 126 Å². The lowest BCUT2D eigenvalue weighted by molar-refractivity contribution is -0.281. The van der Waals surface area contributed by atoms with E-state index < -0.39 is 0 Å². The van der Waals surface area contributed by atoms with Crippen LogP contribution in [0.3, 0.4) is 0 Å². The number of hydrogen-bond acceptors (Lipinski definition) is 6. The lowest BCUT2D eigenvalue weighted by Crippen LogP contribution is -2.84. The molecule has 6 heteroatoms. The van der Waals surface area contributed by atoms with Crippen LogP contribution in [0.25, 0.3) is 0 Å². The SMILES string of the molecule is CC.CC.CC.CC.CC.CC.CC.CC.CN1c2ccccc2C(C)(C)C(C)(C)C1(C)C.CN1c2ccccc2C(C)(C)C1(C)C.CN1c2ccccc2C(C)(C)C2(C)C(C)(C)C(C)(C)C(C)(C)C(C)(C)C12C.CN1c2ccccc2C(C)(C)C2(C)C(C)(C)C(C)(C)C(C)(C)C(C)(C)C12C.CN1c2ccccc2C2(C)C(C)(C)C(C)(C)C(C)(C)C(C)(C)C12C.CN1c2ccccc2C2(C)C(C)(C)C(C)(C)C(C)(C)C(C)(C)C12C. The first-order valence-corrected chi connectivity index (χ1v) is 60.1. The highest BCUT2D eigenvalue weighted by molar-refractivity contribution is 5.73. The molecule has 6 aromatic rings. The van der Waals surface area contributed by atoms with E-state index in [2.05, 4.69) is 591 Å². The molecule has 10 aliphatic rings. The van der Waals surface area contributed by atoms with Gasteiger partial charge in [-0.1, -0.05) is 538 Å². The second-order valence-electron chi connectivity index (χ2n) is 58.5. The molecule has 0 spiro atoms. The molecule has 0 aromatic heterocycles. The Bertz CT molecular complexity index is 5200. The summed E-state index contributed by atoms with van der Waals surface area (Å²) >= 11 is 0. The summed E-state index contributed by atoms with van der Waals surface area (Å²) in [5.74, 6) is 0. The second kappa shape index (κ2) is 42.5. The van der Waals surface area contributed by atoms with E-state index in [1.165, 1.54) is 67.5 Å². The molecule has 6 heterocycles. The molecule has 4 saturated carbocycles. The lowest BCUT2D eigenvalue weighted by atomic mass is 9.25. The summed E-state index contributed by atoms with van der Waals surface area (Å²) in [4.78, 5) is 15.3. The van der Waals surface area contributed by atoms with Gasteiger partial charge in [-0.15, -0.1) is 0 Å². The maximum absolute atomic E-state index is 2.65. The van der Waals surface area contributed by atoms with Crippen molar-refractivity contribution in [3.63, 3.8) is 0 Å². The Hall–Kier alpha value is -5.88. The van der Waals surface area contributed by atoms with Crippen LogP contribution >= 0.6 is 0 Å². The number of para-hydroxylation sites is 6. The average Bonchev–Trinajstić information content (AvgIpc) is 1.55. The van der Waals surface area contributed by atoms with Crippen LogP contribution in [0.4, 0.5) is 34.1 Å². The third-order valence-electron chi connectivity index (χ3n) is 55.4. The van der Waals surface area contributed by atoms with Gasteiger partial charge in [0.15, 0.2) is 0 Å². The van der Waals surface area contributed by atoms with Crippen molar-refractivity contribution < 1.29 is 0 Å². The van der Waals surface area contributed by atoms with Crippen LogP contribution in [0.2, 0.25) is 0 Å².